The van der Waals surface area contributed by atoms with Gasteiger partial charge in [-0.15, -0.1) is 0 Å². The molecule has 0 radical (unpaired) electrons. The Labute approximate surface area is 169 Å². The van der Waals surface area contributed by atoms with Crippen LogP contribution in [0.25, 0.3) is 5.76 Å². The van der Waals surface area contributed by atoms with Gasteiger partial charge in [-0.25, -0.2) is 4.39 Å². The van der Waals surface area contributed by atoms with Crippen LogP contribution in [0.3, 0.4) is 0 Å². The van der Waals surface area contributed by atoms with Crippen LogP contribution in [0, 0.1) is 12.7 Å². The smallest absolute Gasteiger partial charge is 0.301 e. The minimum absolute atomic E-state index is 0.0917. The molecule has 1 amide bonds. The molecule has 29 heavy (non-hydrogen) atoms. The summed E-state index contributed by atoms with van der Waals surface area (Å²) in [6, 6.07) is 12.0. The van der Waals surface area contributed by atoms with E-state index < -0.39 is 29.3 Å². The lowest BCUT2D eigenvalue weighted by Crippen LogP contribution is -2.29. The van der Waals surface area contributed by atoms with Crippen molar-refractivity contribution in [1.29, 1.82) is 0 Å². The minimum Gasteiger partial charge on any atom is -0.507 e. The number of hydrogen-bond acceptors (Lipinski definition) is 5. The third kappa shape index (κ3) is 3.30. The summed E-state index contributed by atoms with van der Waals surface area (Å²) in [5.41, 5.74) is 0.425. The van der Waals surface area contributed by atoms with E-state index in [0.29, 0.717) is 21.9 Å². The number of carbonyl (C=O) groups excluding carboxylic acids is 2. The number of amides is 1. The highest BCUT2D eigenvalue weighted by atomic mass is 35.5. The van der Waals surface area contributed by atoms with Gasteiger partial charge in [-0.1, -0.05) is 28.9 Å². The molecule has 1 saturated heterocycles. The number of aryl methyl sites for hydroxylation is 1. The zero-order chi connectivity index (χ0) is 20.7. The molecule has 8 heteroatoms. The lowest BCUT2D eigenvalue weighted by Gasteiger charge is -2.22. The first kappa shape index (κ1) is 18.9. The molecule has 2 aromatic carbocycles. The molecule has 1 atom stereocenters. The Morgan fingerprint density at radius 2 is 1.90 bits per heavy atom. The van der Waals surface area contributed by atoms with Gasteiger partial charge in [-0.3, -0.25) is 14.5 Å². The van der Waals surface area contributed by atoms with Crippen LogP contribution in [-0.2, 0) is 9.59 Å². The second-order valence-electron chi connectivity index (χ2n) is 6.53. The van der Waals surface area contributed by atoms with Crippen molar-refractivity contribution in [3.8, 4) is 0 Å². The summed E-state index contributed by atoms with van der Waals surface area (Å²) in [7, 11) is 0. The number of aliphatic hydroxyl groups is 1. The molecule has 1 aliphatic rings. The Kier molecular flexibility index (Phi) is 4.68. The van der Waals surface area contributed by atoms with E-state index in [2.05, 4.69) is 5.16 Å². The molecule has 0 saturated carbocycles. The number of aromatic nitrogens is 1. The number of halogens is 2. The summed E-state index contributed by atoms with van der Waals surface area (Å²) in [5, 5.41) is 15.1. The lowest BCUT2D eigenvalue weighted by molar-refractivity contribution is -0.132. The highest BCUT2D eigenvalue weighted by Crippen LogP contribution is 2.42. The van der Waals surface area contributed by atoms with Gasteiger partial charge in [0.2, 0.25) is 0 Å². The van der Waals surface area contributed by atoms with E-state index in [0.717, 1.165) is 4.90 Å². The van der Waals surface area contributed by atoms with E-state index in [9.17, 15) is 19.1 Å². The van der Waals surface area contributed by atoms with Crippen LogP contribution in [0.15, 0.2) is 64.7 Å². The number of benzene rings is 2. The number of hydrogen-bond donors (Lipinski definition) is 1. The zero-order valence-electron chi connectivity index (χ0n) is 15.1. The largest absolute Gasteiger partial charge is 0.507 e. The van der Waals surface area contributed by atoms with Crippen molar-refractivity contribution in [2.75, 3.05) is 4.90 Å². The van der Waals surface area contributed by atoms with Crippen LogP contribution in [0.2, 0.25) is 5.02 Å². The first-order valence-electron chi connectivity index (χ1n) is 8.62. The van der Waals surface area contributed by atoms with Gasteiger partial charge in [0.1, 0.15) is 17.3 Å². The summed E-state index contributed by atoms with van der Waals surface area (Å²) >= 11 is 5.89. The molecule has 146 valence electrons. The molecule has 1 aromatic heterocycles. The fourth-order valence-electron chi connectivity index (χ4n) is 3.29. The van der Waals surface area contributed by atoms with Crippen molar-refractivity contribution in [2.45, 2.75) is 13.0 Å². The third-order valence-electron chi connectivity index (χ3n) is 4.59. The van der Waals surface area contributed by atoms with E-state index >= 15 is 0 Å². The summed E-state index contributed by atoms with van der Waals surface area (Å²) < 4.78 is 19.0. The lowest BCUT2D eigenvalue weighted by atomic mass is 9.95. The third-order valence-corrected chi connectivity index (χ3v) is 4.84. The summed E-state index contributed by atoms with van der Waals surface area (Å²) in [4.78, 5) is 26.8. The van der Waals surface area contributed by atoms with E-state index in [-0.39, 0.29) is 11.4 Å². The first-order valence-corrected chi connectivity index (χ1v) is 9.00. The van der Waals surface area contributed by atoms with Gasteiger partial charge >= 0.3 is 5.91 Å². The maximum Gasteiger partial charge on any atom is 0.301 e. The monoisotopic (exact) mass is 412 g/mol. The van der Waals surface area contributed by atoms with Crippen molar-refractivity contribution in [1.82, 2.24) is 5.16 Å². The minimum atomic E-state index is -1.08. The summed E-state index contributed by atoms with van der Waals surface area (Å²) in [6.45, 7) is 1.64. The molecule has 1 unspecified atom stereocenters. The molecular weight excluding hydrogens is 399 g/mol. The van der Waals surface area contributed by atoms with Crippen LogP contribution >= 0.6 is 11.6 Å². The number of ketones is 1. The highest BCUT2D eigenvalue weighted by Gasteiger charge is 2.48. The maximum atomic E-state index is 13.9. The average Bonchev–Trinajstić information content (AvgIpc) is 3.23. The maximum absolute atomic E-state index is 13.9. The Hall–Kier alpha value is -3.45. The molecule has 0 aliphatic carbocycles. The molecule has 1 aliphatic heterocycles. The van der Waals surface area contributed by atoms with Gasteiger partial charge in [0.05, 0.1) is 11.6 Å². The van der Waals surface area contributed by atoms with Gasteiger partial charge in [0, 0.05) is 16.7 Å². The molecule has 0 spiro atoms. The second kappa shape index (κ2) is 7.18. The van der Waals surface area contributed by atoms with Crippen molar-refractivity contribution < 1.29 is 23.6 Å². The van der Waals surface area contributed by atoms with Crippen LogP contribution in [0.1, 0.15) is 22.9 Å². The normalized spacial score (nSPS) is 18.4. The Bertz CT molecular complexity index is 1150. The van der Waals surface area contributed by atoms with Gasteiger partial charge < -0.3 is 9.63 Å². The number of anilines is 1. The van der Waals surface area contributed by atoms with Gasteiger partial charge in [-0.2, -0.15) is 0 Å². The number of rotatable bonds is 3. The van der Waals surface area contributed by atoms with Crippen molar-refractivity contribution in [2.24, 2.45) is 0 Å². The van der Waals surface area contributed by atoms with E-state index in [1.165, 1.54) is 36.4 Å². The second-order valence-corrected chi connectivity index (χ2v) is 6.96. The van der Waals surface area contributed by atoms with E-state index in [1.54, 1.807) is 25.1 Å². The van der Waals surface area contributed by atoms with Crippen LogP contribution in [0.5, 0.6) is 0 Å². The van der Waals surface area contributed by atoms with Crippen molar-refractivity contribution in [3.05, 3.63) is 87.9 Å². The Morgan fingerprint density at radius 3 is 2.52 bits per heavy atom. The SMILES string of the molecule is Cc1cc(N2C(=O)C(=O)/C(=C(/O)c3ccc(Cl)cc3)C2c2cccc(F)c2)no1. The fourth-order valence-corrected chi connectivity index (χ4v) is 3.42. The highest BCUT2D eigenvalue weighted by molar-refractivity contribution is 6.51. The van der Waals surface area contributed by atoms with Gasteiger partial charge in [-0.05, 0) is 48.9 Å². The molecule has 1 fully saturated rings. The Morgan fingerprint density at radius 1 is 1.17 bits per heavy atom. The Balaban J connectivity index is 1.95. The first-order chi connectivity index (χ1) is 13.9. The molecule has 0 bridgehead atoms. The van der Waals surface area contributed by atoms with Crippen LogP contribution < -0.4 is 4.90 Å². The standard InChI is InChI=1S/C21H14ClFN2O4/c1-11-9-16(24-29-11)25-18(13-3-2-4-15(23)10-13)17(20(27)21(25)28)19(26)12-5-7-14(22)8-6-12/h2-10,18,26H,1H3/b19-17+. The number of carbonyl (C=O) groups is 2. The molecule has 1 N–H and O–H groups in total. The zero-order valence-corrected chi connectivity index (χ0v) is 15.9. The number of aliphatic hydroxyl groups excluding tert-OH is 1. The van der Waals surface area contributed by atoms with Crippen molar-refractivity contribution >= 4 is 34.9 Å². The predicted octanol–water partition coefficient (Wildman–Crippen LogP) is 4.40. The number of nitrogens with zero attached hydrogens (tertiary/aromatic N) is 2. The van der Waals surface area contributed by atoms with Crippen LogP contribution in [0.4, 0.5) is 10.2 Å². The molecule has 6 nitrogen and oxygen atoms in total. The molecule has 2 heterocycles. The average molecular weight is 413 g/mol. The summed E-state index contributed by atoms with van der Waals surface area (Å²) in [6.07, 6.45) is 0. The van der Waals surface area contributed by atoms with E-state index in [1.807, 2.05) is 0 Å². The molecule has 3 aromatic rings. The van der Waals surface area contributed by atoms with Gasteiger partial charge in [0.25, 0.3) is 5.78 Å². The fraction of sp³-hybridized carbons (Fsp3) is 0.0952. The van der Waals surface area contributed by atoms with Crippen molar-refractivity contribution in [3.63, 3.8) is 0 Å². The molecular formula is C21H14ClFN2O4. The van der Waals surface area contributed by atoms with Crippen LogP contribution in [-0.4, -0.2) is 22.0 Å². The molecule has 4 rings (SSSR count). The number of Topliss-reactive ketones (excluding diaryl/α,β-unsaturated/α-hetero) is 1. The topological polar surface area (TPSA) is 83.6 Å². The summed E-state index contributed by atoms with van der Waals surface area (Å²) in [5.74, 6) is -2.23. The quantitative estimate of drug-likeness (QED) is 0.391. The predicted molar refractivity (Wildman–Crippen MR) is 104 cm³/mol. The van der Waals surface area contributed by atoms with Gasteiger partial charge in [0.15, 0.2) is 5.82 Å². The van der Waals surface area contributed by atoms with E-state index in [4.69, 9.17) is 16.1 Å².